The number of hydrogen-bond acceptors (Lipinski definition) is 5. The van der Waals surface area contributed by atoms with Crippen LogP contribution in [0.4, 0.5) is 0 Å². The number of imidazole rings is 1. The van der Waals surface area contributed by atoms with E-state index in [9.17, 15) is 9.90 Å². The van der Waals surface area contributed by atoms with Crippen LogP contribution in [-0.4, -0.2) is 37.6 Å². The number of carbonyl (C=O) groups is 1. The molecule has 0 radical (unpaired) electrons. The second-order valence-corrected chi connectivity index (χ2v) is 8.25. The van der Waals surface area contributed by atoms with Crippen LogP contribution in [0, 0.1) is 12.3 Å². The van der Waals surface area contributed by atoms with E-state index in [-0.39, 0.29) is 6.61 Å². The second kappa shape index (κ2) is 8.63. The fraction of sp³-hybridized carbons (Fsp3) is 0.200. The predicted octanol–water partition coefficient (Wildman–Crippen LogP) is 5.00. The van der Waals surface area contributed by atoms with E-state index >= 15 is 0 Å². The van der Waals surface area contributed by atoms with Gasteiger partial charge in [0.05, 0.1) is 28.7 Å². The number of H-pyrrole nitrogens is 1. The quantitative estimate of drug-likeness (QED) is 0.430. The number of pyridine rings is 2. The maximum Gasteiger partial charge on any atom is 0.312 e. The van der Waals surface area contributed by atoms with Crippen molar-refractivity contribution in [2.45, 2.75) is 20.8 Å². The number of carboxylic acids is 1. The number of aromatic nitrogens is 4. The smallest absolute Gasteiger partial charge is 0.312 e. The van der Waals surface area contributed by atoms with E-state index in [1.54, 1.807) is 32.4 Å². The van der Waals surface area contributed by atoms with Crippen LogP contribution in [-0.2, 0) is 4.79 Å². The zero-order valence-corrected chi connectivity index (χ0v) is 18.2. The minimum Gasteiger partial charge on any atom is -0.492 e. The zero-order valence-electron chi connectivity index (χ0n) is 18.2. The molecule has 0 spiro atoms. The molecule has 0 unspecified atom stereocenters. The van der Waals surface area contributed by atoms with Gasteiger partial charge in [-0.3, -0.25) is 14.8 Å². The number of ether oxygens (including phenoxy) is 1. The van der Waals surface area contributed by atoms with Crippen molar-refractivity contribution >= 4 is 5.97 Å². The first-order valence-corrected chi connectivity index (χ1v) is 10.2. The number of aryl methyl sites for hydroxylation is 1. The maximum atomic E-state index is 11.2. The topological polar surface area (TPSA) is 101 Å². The van der Waals surface area contributed by atoms with Crippen molar-refractivity contribution in [2.75, 3.05) is 6.61 Å². The van der Waals surface area contributed by atoms with Crippen LogP contribution in [0.1, 0.15) is 19.4 Å². The monoisotopic (exact) mass is 428 g/mol. The van der Waals surface area contributed by atoms with Crippen LogP contribution in [0.25, 0.3) is 34.0 Å². The Kier molecular flexibility index (Phi) is 5.73. The normalized spacial score (nSPS) is 11.3. The van der Waals surface area contributed by atoms with Gasteiger partial charge in [-0.1, -0.05) is 6.07 Å². The molecule has 162 valence electrons. The van der Waals surface area contributed by atoms with Crippen LogP contribution in [0.3, 0.4) is 0 Å². The molecule has 0 amide bonds. The molecule has 0 aliphatic rings. The Balaban J connectivity index is 1.46. The molecule has 0 atom stereocenters. The van der Waals surface area contributed by atoms with Crippen molar-refractivity contribution in [3.8, 4) is 39.8 Å². The molecule has 0 saturated heterocycles. The molecular weight excluding hydrogens is 404 g/mol. The number of hydrogen-bond donors (Lipinski definition) is 2. The Bertz CT molecular complexity index is 1230. The van der Waals surface area contributed by atoms with Crippen LogP contribution < -0.4 is 4.74 Å². The van der Waals surface area contributed by atoms with Gasteiger partial charge >= 0.3 is 5.97 Å². The minimum atomic E-state index is -0.947. The second-order valence-electron chi connectivity index (χ2n) is 8.25. The molecule has 1 aromatic carbocycles. The molecule has 0 aliphatic heterocycles. The van der Waals surface area contributed by atoms with E-state index in [0.29, 0.717) is 5.75 Å². The van der Waals surface area contributed by atoms with E-state index in [1.807, 2.05) is 55.5 Å². The predicted molar refractivity (Wildman–Crippen MR) is 122 cm³/mol. The molecule has 4 rings (SSSR count). The third kappa shape index (κ3) is 4.51. The summed E-state index contributed by atoms with van der Waals surface area (Å²) >= 11 is 0. The Morgan fingerprint density at radius 2 is 1.75 bits per heavy atom. The van der Waals surface area contributed by atoms with Crippen LogP contribution >= 0.6 is 0 Å². The lowest BCUT2D eigenvalue weighted by Crippen LogP contribution is -2.30. The average molecular weight is 428 g/mol. The highest BCUT2D eigenvalue weighted by atomic mass is 16.5. The molecule has 3 aromatic heterocycles. The standard InChI is InChI=1S/C25H24N4O3/c1-16-5-4-12-26-22(16)21-14-28-23(29-21)18-8-11-20(27-13-18)17-6-9-19(10-7-17)32-15-25(2,3)24(30)31/h4-14H,15H2,1-3H3,(H,28,29)(H,30,31). The summed E-state index contributed by atoms with van der Waals surface area (Å²) in [4.78, 5) is 28.0. The molecule has 3 heterocycles. The van der Waals surface area contributed by atoms with Crippen molar-refractivity contribution in [2.24, 2.45) is 5.41 Å². The number of benzene rings is 1. The van der Waals surface area contributed by atoms with Gasteiger partial charge in [0, 0.05) is 23.5 Å². The molecule has 4 aromatic rings. The van der Waals surface area contributed by atoms with Crippen LogP contribution in [0.2, 0.25) is 0 Å². The SMILES string of the molecule is Cc1cccnc1-c1cnc(-c2ccc(-c3ccc(OCC(C)(C)C(=O)O)cc3)nc2)[nH]1. The Labute approximate surface area is 186 Å². The summed E-state index contributed by atoms with van der Waals surface area (Å²) in [5, 5.41) is 9.19. The lowest BCUT2D eigenvalue weighted by Gasteiger charge is -2.19. The van der Waals surface area contributed by atoms with Crippen molar-refractivity contribution in [1.29, 1.82) is 0 Å². The Hall–Kier alpha value is -4.00. The van der Waals surface area contributed by atoms with Gasteiger partial charge < -0.3 is 14.8 Å². The number of carboxylic acid groups (broad SMARTS) is 1. The van der Waals surface area contributed by atoms with Gasteiger partial charge in [-0.25, -0.2) is 4.98 Å². The summed E-state index contributed by atoms with van der Waals surface area (Å²) in [5.41, 5.74) is 4.51. The lowest BCUT2D eigenvalue weighted by molar-refractivity contribution is -0.148. The van der Waals surface area contributed by atoms with Crippen LogP contribution in [0.5, 0.6) is 5.75 Å². The molecule has 2 N–H and O–H groups in total. The molecule has 0 aliphatic carbocycles. The Morgan fingerprint density at radius 3 is 2.41 bits per heavy atom. The summed E-state index contributed by atoms with van der Waals surface area (Å²) in [6.45, 7) is 5.38. The number of aliphatic carboxylic acids is 1. The van der Waals surface area contributed by atoms with Gasteiger partial charge in [0.25, 0.3) is 0 Å². The van der Waals surface area contributed by atoms with Gasteiger partial charge in [-0.2, -0.15) is 0 Å². The van der Waals surface area contributed by atoms with E-state index in [4.69, 9.17) is 4.74 Å². The van der Waals surface area contributed by atoms with Crippen molar-refractivity contribution < 1.29 is 14.6 Å². The van der Waals surface area contributed by atoms with Crippen molar-refractivity contribution in [3.05, 3.63) is 72.7 Å². The van der Waals surface area contributed by atoms with Gasteiger partial charge in [0.2, 0.25) is 0 Å². The fourth-order valence-electron chi connectivity index (χ4n) is 3.11. The van der Waals surface area contributed by atoms with Gasteiger partial charge in [0.15, 0.2) is 0 Å². The van der Waals surface area contributed by atoms with E-state index in [1.165, 1.54) is 0 Å². The molecular formula is C25H24N4O3. The zero-order chi connectivity index (χ0) is 22.7. The maximum absolute atomic E-state index is 11.2. The number of nitrogens with zero attached hydrogens (tertiary/aromatic N) is 3. The first-order chi connectivity index (χ1) is 15.3. The van der Waals surface area contributed by atoms with Gasteiger partial charge in [0.1, 0.15) is 18.2 Å². The third-order valence-electron chi connectivity index (χ3n) is 5.21. The summed E-state index contributed by atoms with van der Waals surface area (Å²) in [6.07, 6.45) is 5.33. The summed E-state index contributed by atoms with van der Waals surface area (Å²) in [6, 6.07) is 15.3. The molecule has 0 saturated carbocycles. The van der Waals surface area contributed by atoms with Crippen molar-refractivity contribution in [1.82, 2.24) is 19.9 Å². The number of rotatable bonds is 7. The molecule has 0 fully saturated rings. The largest absolute Gasteiger partial charge is 0.492 e. The van der Waals surface area contributed by atoms with E-state index in [0.717, 1.165) is 39.6 Å². The minimum absolute atomic E-state index is 0.0950. The van der Waals surface area contributed by atoms with E-state index in [2.05, 4.69) is 19.9 Å². The van der Waals surface area contributed by atoms with Gasteiger partial charge in [-0.05, 0) is 68.8 Å². The highest BCUT2D eigenvalue weighted by Gasteiger charge is 2.28. The first-order valence-electron chi connectivity index (χ1n) is 10.2. The third-order valence-corrected chi connectivity index (χ3v) is 5.21. The van der Waals surface area contributed by atoms with E-state index < -0.39 is 11.4 Å². The lowest BCUT2D eigenvalue weighted by atomic mass is 9.95. The van der Waals surface area contributed by atoms with Crippen LogP contribution in [0.15, 0.2) is 67.1 Å². The number of aromatic amines is 1. The number of nitrogens with one attached hydrogen (secondary N) is 1. The molecule has 7 heteroatoms. The highest BCUT2D eigenvalue weighted by Crippen LogP contribution is 2.26. The summed E-state index contributed by atoms with van der Waals surface area (Å²) < 4.78 is 5.63. The van der Waals surface area contributed by atoms with Crippen molar-refractivity contribution in [3.63, 3.8) is 0 Å². The Morgan fingerprint density at radius 1 is 1.00 bits per heavy atom. The fourth-order valence-corrected chi connectivity index (χ4v) is 3.11. The summed E-state index contributed by atoms with van der Waals surface area (Å²) in [5.74, 6) is 0.457. The average Bonchev–Trinajstić information content (AvgIpc) is 3.28. The summed E-state index contributed by atoms with van der Waals surface area (Å²) in [7, 11) is 0. The highest BCUT2D eigenvalue weighted by molar-refractivity contribution is 5.73. The van der Waals surface area contributed by atoms with Gasteiger partial charge in [-0.15, -0.1) is 0 Å². The first kappa shape index (κ1) is 21.2. The molecule has 7 nitrogen and oxygen atoms in total. The molecule has 0 bridgehead atoms. The molecule has 32 heavy (non-hydrogen) atoms.